The molecule has 4 rings (SSSR count). The molecule has 2 N–H and O–H groups in total. The quantitative estimate of drug-likeness (QED) is 0.643. The lowest BCUT2D eigenvalue weighted by Gasteiger charge is -2.35. The van der Waals surface area contributed by atoms with E-state index in [0.29, 0.717) is 23.6 Å². The molecule has 6 heteroatoms. The molecule has 2 fully saturated rings. The van der Waals surface area contributed by atoms with Gasteiger partial charge in [0.15, 0.2) is 0 Å². The van der Waals surface area contributed by atoms with Crippen LogP contribution in [0.2, 0.25) is 0 Å². The number of hydroxylamine groups is 1. The fourth-order valence-electron chi connectivity index (χ4n) is 4.64. The number of carbonyl (C=O) groups excluding carboxylic acids is 1. The lowest BCUT2D eigenvalue weighted by molar-refractivity contribution is 0.0705. The number of hydrogen-bond acceptors (Lipinski definition) is 4. The van der Waals surface area contributed by atoms with Crippen LogP contribution in [0.1, 0.15) is 47.2 Å². The molecule has 130 valence electrons. The van der Waals surface area contributed by atoms with Crippen molar-refractivity contribution in [1.29, 1.82) is 0 Å². The van der Waals surface area contributed by atoms with Crippen molar-refractivity contribution in [3.05, 3.63) is 34.6 Å². The molecule has 1 spiro atoms. The van der Waals surface area contributed by atoms with Gasteiger partial charge in [0.05, 0.1) is 6.61 Å². The van der Waals surface area contributed by atoms with Gasteiger partial charge in [-0.25, -0.2) is 9.87 Å². The molecule has 0 aromatic heterocycles. The van der Waals surface area contributed by atoms with Gasteiger partial charge >= 0.3 is 0 Å². The van der Waals surface area contributed by atoms with Gasteiger partial charge in [-0.1, -0.05) is 0 Å². The summed E-state index contributed by atoms with van der Waals surface area (Å²) in [5.74, 6) is -1.02. The Kier molecular flexibility index (Phi) is 4.06. The standard InChI is InChI=1S/C18H23FN2O3/c19-16-8-13(17(22)20-23)7-12-2-5-21(10-15(12)16)14-1-3-18(9-14)4-6-24-11-18/h7-8,14,23H,1-6,9-11H2,(H,20,22)/t14-,18?/m0/s1. The number of nitrogens with zero attached hydrogens (tertiary/aromatic N) is 1. The van der Waals surface area contributed by atoms with Gasteiger partial charge in [-0.3, -0.25) is 14.9 Å². The highest BCUT2D eigenvalue weighted by atomic mass is 19.1. The van der Waals surface area contributed by atoms with E-state index in [2.05, 4.69) is 4.90 Å². The van der Waals surface area contributed by atoms with E-state index < -0.39 is 5.91 Å². The molecule has 1 saturated carbocycles. The minimum absolute atomic E-state index is 0.171. The average molecular weight is 334 g/mol. The Labute approximate surface area is 140 Å². The normalized spacial score (nSPS) is 29.8. The summed E-state index contributed by atoms with van der Waals surface area (Å²) in [5, 5.41) is 8.73. The summed E-state index contributed by atoms with van der Waals surface area (Å²) in [6, 6.07) is 3.41. The largest absolute Gasteiger partial charge is 0.381 e. The lowest BCUT2D eigenvalue weighted by atomic mass is 9.85. The second-order valence-electron chi connectivity index (χ2n) is 7.46. The molecule has 24 heavy (non-hydrogen) atoms. The van der Waals surface area contributed by atoms with Gasteiger partial charge in [0.2, 0.25) is 0 Å². The zero-order valence-electron chi connectivity index (χ0n) is 13.7. The van der Waals surface area contributed by atoms with Gasteiger partial charge in [0.1, 0.15) is 5.82 Å². The van der Waals surface area contributed by atoms with E-state index in [0.717, 1.165) is 51.0 Å². The lowest BCUT2D eigenvalue weighted by Crippen LogP contribution is -2.39. The molecular formula is C18H23FN2O3. The van der Waals surface area contributed by atoms with Gasteiger partial charge in [-0.05, 0) is 55.2 Å². The molecular weight excluding hydrogens is 311 g/mol. The number of benzene rings is 1. The van der Waals surface area contributed by atoms with E-state index in [1.807, 2.05) is 0 Å². The van der Waals surface area contributed by atoms with Gasteiger partial charge in [-0.15, -0.1) is 0 Å². The van der Waals surface area contributed by atoms with Crippen molar-refractivity contribution in [2.45, 2.75) is 44.7 Å². The predicted octanol–water partition coefficient (Wildman–Crippen LogP) is 2.26. The van der Waals surface area contributed by atoms with Crippen LogP contribution in [-0.4, -0.2) is 41.8 Å². The zero-order valence-corrected chi connectivity index (χ0v) is 13.7. The third-order valence-corrected chi connectivity index (χ3v) is 6.06. The smallest absolute Gasteiger partial charge is 0.274 e. The van der Waals surface area contributed by atoms with E-state index >= 15 is 0 Å². The van der Waals surface area contributed by atoms with E-state index in [-0.39, 0.29) is 11.4 Å². The van der Waals surface area contributed by atoms with Crippen molar-refractivity contribution in [2.24, 2.45) is 5.41 Å². The van der Waals surface area contributed by atoms with Crippen LogP contribution in [0, 0.1) is 11.2 Å². The molecule has 2 aliphatic heterocycles. The molecule has 0 bridgehead atoms. The molecule has 2 heterocycles. The Morgan fingerprint density at radius 1 is 1.42 bits per heavy atom. The molecule has 1 aromatic rings. The molecule has 0 radical (unpaired) electrons. The average Bonchev–Trinajstić information content (AvgIpc) is 3.24. The van der Waals surface area contributed by atoms with E-state index in [1.165, 1.54) is 12.5 Å². The predicted molar refractivity (Wildman–Crippen MR) is 85.3 cm³/mol. The Morgan fingerprint density at radius 3 is 3.04 bits per heavy atom. The maximum atomic E-state index is 14.5. The van der Waals surface area contributed by atoms with Crippen molar-refractivity contribution in [3.8, 4) is 0 Å². The third kappa shape index (κ3) is 2.72. The fraction of sp³-hybridized carbons (Fsp3) is 0.611. The van der Waals surface area contributed by atoms with Crippen LogP contribution in [0.5, 0.6) is 0 Å². The number of ether oxygens (including phenoxy) is 1. The van der Waals surface area contributed by atoms with Crippen molar-refractivity contribution in [2.75, 3.05) is 19.8 Å². The van der Waals surface area contributed by atoms with Gasteiger partial charge in [0.25, 0.3) is 5.91 Å². The van der Waals surface area contributed by atoms with Crippen LogP contribution < -0.4 is 5.48 Å². The van der Waals surface area contributed by atoms with Gasteiger partial charge < -0.3 is 4.74 Å². The Morgan fingerprint density at radius 2 is 2.29 bits per heavy atom. The summed E-state index contributed by atoms with van der Waals surface area (Å²) in [6.07, 6.45) is 5.40. The topological polar surface area (TPSA) is 61.8 Å². The summed E-state index contributed by atoms with van der Waals surface area (Å²) < 4.78 is 20.1. The summed E-state index contributed by atoms with van der Waals surface area (Å²) in [4.78, 5) is 13.9. The number of fused-ring (bicyclic) bond motifs is 1. The van der Waals surface area contributed by atoms with E-state index in [9.17, 15) is 9.18 Å². The van der Waals surface area contributed by atoms with E-state index in [4.69, 9.17) is 9.94 Å². The van der Waals surface area contributed by atoms with Crippen LogP contribution in [0.25, 0.3) is 0 Å². The van der Waals surface area contributed by atoms with Crippen LogP contribution in [0.4, 0.5) is 4.39 Å². The van der Waals surface area contributed by atoms with Gasteiger partial charge in [0, 0.05) is 36.9 Å². The first kappa shape index (κ1) is 16.0. The minimum atomic E-state index is -0.668. The number of carbonyl (C=O) groups is 1. The summed E-state index contributed by atoms with van der Waals surface area (Å²) >= 11 is 0. The van der Waals surface area contributed by atoms with Gasteiger partial charge in [-0.2, -0.15) is 0 Å². The first-order valence-electron chi connectivity index (χ1n) is 8.68. The molecule has 1 aromatic carbocycles. The van der Waals surface area contributed by atoms with Crippen molar-refractivity contribution >= 4 is 5.91 Å². The first-order chi connectivity index (χ1) is 11.6. The summed E-state index contributed by atoms with van der Waals surface area (Å²) in [6.45, 7) is 3.24. The Bertz CT molecular complexity index is 658. The Balaban J connectivity index is 1.51. The highest BCUT2D eigenvalue weighted by Crippen LogP contribution is 2.46. The summed E-state index contributed by atoms with van der Waals surface area (Å²) in [5.41, 5.74) is 3.66. The van der Waals surface area contributed by atoms with Crippen molar-refractivity contribution in [1.82, 2.24) is 10.4 Å². The highest BCUT2D eigenvalue weighted by molar-refractivity contribution is 5.93. The molecule has 3 aliphatic rings. The van der Waals surface area contributed by atoms with Crippen LogP contribution >= 0.6 is 0 Å². The molecule has 5 nitrogen and oxygen atoms in total. The number of amides is 1. The second kappa shape index (κ2) is 6.10. The Hall–Kier alpha value is -1.50. The number of rotatable bonds is 2. The van der Waals surface area contributed by atoms with Crippen molar-refractivity contribution in [3.63, 3.8) is 0 Å². The van der Waals surface area contributed by atoms with Crippen molar-refractivity contribution < 1.29 is 19.1 Å². The highest BCUT2D eigenvalue weighted by Gasteiger charge is 2.44. The molecule has 1 amide bonds. The summed E-state index contributed by atoms with van der Waals surface area (Å²) in [7, 11) is 0. The van der Waals surface area contributed by atoms with Crippen LogP contribution in [-0.2, 0) is 17.7 Å². The monoisotopic (exact) mass is 334 g/mol. The first-order valence-corrected chi connectivity index (χ1v) is 8.68. The second-order valence-corrected chi connectivity index (χ2v) is 7.46. The SMILES string of the molecule is O=C(NO)c1cc(F)c2c(c1)CCN([C@H]1CCC3(CCOC3)C1)C2. The maximum Gasteiger partial charge on any atom is 0.274 e. The molecule has 1 unspecified atom stereocenters. The zero-order chi connectivity index (χ0) is 16.7. The maximum absolute atomic E-state index is 14.5. The number of nitrogens with one attached hydrogen (secondary N) is 1. The molecule has 1 saturated heterocycles. The fourth-order valence-corrected chi connectivity index (χ4v) is 4.64. The number of hydrogen-bond donors (Lipinski definition) is 2. The number of halogens is 1. The van der Waals surface area contributed by atoms with Crippen LogP contribution in [0.15, 0.2) is 12.1 Å². The minimum Gasteiger partial charge on any atom is -0.381 e. The third-order valence-electron chi connectivity index (χ3n) is 6.06. The molecule has 2 atom stereocenters. The molecule has 1 aliphatic carbocycles. The van der Waals surface area contributed by atoms with E-state index in [1.54, 1.807) is 11.5 Å². The van der Waals surface area contributed by atoms with Crippen LogP contribution in [0.3, 0.4) is 0 Å².